The van der Waals surface area contributed by atoms with Crippen LogP contribution in [0.15, 0.2) is 9.85 Å². The van der Waals surface area contributed by atoms with Crippen molar-refractivity contribution in [1.29, 1.82) is 0 Å². The zero-order valence-electron chi connectivity index (χ0n) is 11.2. The molecule has 1 aromatic heterocycles. The SMILES string of the molecule is CCCNCCC(C)CCc1cc(C)c(Br)s1. The molecule has 0 aliphatic rings. The topological polar surface area (TPSA) is 12.0 Å². The summed E-state index contributed by atoms with van der Waals surface area (Å²) in [6.45, 7) is 9.07. The second-order valence-electron chi connectivity index (χ2n) is 4.85. The first-order chi connectivity index (χ1) is 8.13. The lowest BCUT2D eigenvalue weighted by Crippen LogP contribution is -2.18. The van der Waals surface area contributed by atoms with Crippen LogP contribution in [-0.4, -0.2) is 13.1 Å². The van der Waals surface area contributed by atoms with Crippen molar-refractivity contribution in [3.63, 3.8) is 0 Å². The molecule has 0 amide bonds. The van der Waals surface area contributed by atoms with Gasteiger partial charge in [-0.05, 0) is 79.2 Å². The van der Waals surface area contributed by atoms with Crippen LogP contribution >= 0.6 is 27.3 Å². The Morgan fingerprint density at radius 3 is 2.71 bits per heavy atom. The molecular weight excluding hydrogens is 294 g/mol. The fourth-order valence-corrected chi connectivity index (χ4v) is 3.47. The number of rotatable bonds is 8. The van der Waals surface area contributed by atoms with Gasteiger partial charge in [-0.3, -0.25) is 0 Å². The smallest absolute Gasteiger partial charge is 0.0730 e. The predicted molar refractivity (Wildman–Crippen MR) is 82.0 cm³/mol. The number of thiophene rings is 1. The Kier molecular flexibility index (Phi) is 7.40. The molecule has 0 fully saturated rings. The van der Waals surface area contributed by atoms with Gasteiger partial charge in [0.05, 0.1) is 3.79 Å². The van der Waals surface area contributed by atoms with Gasteiger partial charge in [0.2, 0.25) is 0 Å². The molecule has 1 atom stereocenters. The zero-order valence-corrected chi connectivity index (χ0v) is 13.6. The fourth-order valence-electron chi connectivity index (χ4n) is 1.83. The third kappa shape index (κ3) is 6.03. The average molecular weight is 318 g/mol. The molecule has 3 heteroatoms. The molecule has 0 radical (unpaired) electrons. The first-order valence-corrected chi connectivity index (χ1v) is 8.20. The molecule has 0 aromatic carbocycles. The third-order valence-corrected chi connectivity index (χ3v) is 5.23. The van der Waals surface area contributed by atoms with Crippen molar-refractivity contribution in [2.24, 2.45) is 5.92 Å². The molecule has 1 rings (SSSR count). The van der Waals surface area contributed by atoms with E-state index in [1.54, 1.807) is 0 Å². The van der Waals surface area contributed by atoms with Crippen LogP contribution in [0.3, 0.4) is 0 Å². The van der Waals surface area contributed by atoms with Crippen LogP contribution in [0, 0.1) is 12.8 Å². The highest BCUT2D eigenvalue weighted by Crippen LogP contribution is 2.28. The Hall–Kier alpha value is 0.140. The molecule has 1 heterocycles. The quantitative estimate of drug-likeness (QED) is 0.680. The van der Waals surface area contributed by atoms with Crippen molar-refractivity contribution in [3.8, 4) is 0 Å². The van der Waals surface area contributed by atoms with Crippen LogP contribution in [0.2, 0.25) is 0 Å². The third-order valence-electron chi connectivity index (χ3n) is 3.03. The summed E-state index contributed by atoms with van der Waals surface area (Å²) in [5, 5.41) is 3.47. The Morgan fingerprint density at radius 1 is 1.35 bits per heavy atom. The normalized spacial score (nSPS) is 12.9. The van der Waals surface area contributed by atoms with Crippen LogP contribution in [0.4, 0.5) is 0 Å². The van der Waals surface area contributed by atoms with E-state index in [0.29, 0.717) is 0 Å². The Balaban J connectivity index is 2.17. The van der Waals surface area contributed by atoms with Crippen LogP contribution < -0.4 is 5.32 Å². The number of halogens is 1. The van der Waals surface area contributed by atoms with Gasteiger partial charge in [0, 0.05) is 4.88 Å². The van der Waals surface area contributed by atoms with Crippen molar-refractivity contribution in [3.05, 3.63) is 20.3 Å². The van der Waals surface area contributed by atoms with Crippen LogP contribution in [0.1, 0.15) is 43.6 Å². The highest BCUT2D eigenvalue weighted by molar-refractivity contribution is 9.11. The molecule has 17 heavy (non-hydrogen) atoms. The number of hydrogen-bond donors (Lipinski definition) is 1. The van der Waals surface area contributed by atoms with Gasteiger partial charge in [0.15, 0.2) is 0 Å². The molecule has 1 N–H and O–H groups in total. The van der Waals surface area contributed by atoms with E-state index in [9.17, 15) is 0 Å². The van der Waals surface area contributed by atoms with Gasteiger partial charge in [-0.25, -0.2) is 0 Å². The molecule has 0 aliphatic carbocycles. The number of nitrogens with one attached hydrogen (secondary N) is 1. The summed E-state index contributed by atoms with van der Waals surface area (Å²) in [7, 11) is 0. The number of aryl methyl sites for hydroxylation is 2. The van der Waals surface area contributed by atoms with Crippen molar-refractivity contribution in [2.75, 3.05) is 13.1 Å². The van der Waals surface area contributed by atoms with Gasteiger partial charge >= 0.3 is 0 Å². The Labute approximate surface area is 118 Å². The molecule has 0 spiro atoms. The van der Waals surface area contributed by atoms with Gasteiger partial charge in [-0.2, -0.15) is 0 Å². The van der Waals surface area contributed by atoms with E-state index in [-0.39, 0.29) is 0 Å². The standard InChI is InChI=1S/C14H24BrNS/c1-4-8-16-9-7-11(2)5-6-13-10-12(3)14(15)17-13/h10-11,16H,4-9H2,1-3H3. The summed E-state index contributed by atoms with van der Waals surface area (Å²) in [6, 6.07) is 2.32. The molecule has 1 aromatic rings. The van der Waals surface area contributed by atoms with Gasteiger partial charge in [-0.1, -0.05) is 13.8 Å². The Bertz CT molecular complexity index is 303. The van der Waals surface area contributed by atoms with Gasteiger partial charge in [0.25, 0.3) is 0 Å². The lowest BCUT2D eigenvalue weighted by atomic mass is 10.0. The molecule has 0 saturated carbocycles. The maximum Gasteiger partial charge on any atom is 0.0730 e. The molecule has 1 unspecified atom stereocenters. The van der Waals surface area contributed by atoms with E-state index in [1.807, 2.05) is 11.3 Å². The van der Waals surface area contributed by atoms with Crippen molar-refractivity contribution in [1.82, 2.24) is 5.32 Å². The van der Waals surface area contributed by atoms with Gasteiger partial charge in [-0.15, -0.1) is 11.3 Å². The summed E-state index contributed by atoms with van der Waals surface area (Å²) in [4.78, 5) is 1.52. The summed E-state index contributed by atoms with van der Waals surface area (Å²) in [6.07, 6.45) is 5.06. The second-order valence-corrected chi connectivity index (χ2v) is 7.31. The minimum absolute atomic E-state index is 0.820. The molecular formula is C14H24BrNS. The largest absolute Gasteiger partial charge is 0.317 e. The summed E-state index contributed by atoms with van der Waals surface area (Å²) in [5.74, 6) is 0.820. The lowest BCUT2D eigenvalue weighted by Gasteiger charge is -2.10. The molecule has 0 saturated heterocycles. The molecule has 98 valence electrons. The predicted octanol–water partition coefficient (Wildman–Crippen LogP) is 4.78. The van der Waals surface area contributed by atoms with Crippen molar-refractivity contribution in [2.45, 2.75) is 46.5 Å². The summed E-state index contributed by atoms with van der Waals surface area (Å²) < 4.78 is 1.30. The first-order valence-electron chi connectivity index (χ1n) is 6.59. The van der Waals surface area contributed by atoms with Crippen molar-refractivity contribution >= 4 is 27.3 Å². The highest BCUT2D eigenvalue weighted by Gasteiger charge is 2.06. The average Bonchev–Trinajstić information content (AvgIpc) is 2.62. The Morgan fingerprint density at radius 2 is 2.12 bits per heavy atom. The summed E-state index contributed by atoms with van der Waals surface area (Å²) in [5.41, 5.74) is 1.38. The minimum atomic E-state index is 0.820. The van der Waals surface area contributed by atoms with E-state index in [2.05, 4.69) is 48.1 Å². The van der Waals surface area contributed by atoms with Crippen LogP contribution in [0.5, 0.6) is 0 Å². The maximum atomic E-state index is 3.59. The molecule has 1 nitrogen and oxygen atoms in total. The van der Waals surface area contributed by atoms with E-state index in [0.717, 1.165) is 12.5 Å². The first kappa shape index (κ1) is 15.2. The van der Waals surface area contributed by atoms with Crippen molar-refractivity contribution < 1.29 is 0 Å². The lowest BCUT2D eigenvalue weighted by molar-refractivity contribution is 0.471. The zero-order chi connectivity index (χ0) is 12.7. The van der Waals surface area contributed by atoms with E-state index >= 15 is 0 Å². The van der Waals surface area contributed by atoms with E-state index < -0.39 is 0 Å². The minimum Gasteiger partial charge on any atom is -0.317 e. The molecule has 0 bridgehead atoms. The van der Waals surface area contributed by atoms with Crippen LogP contribution in [-0.2, 0) is 6.42 Å². The maximum absolute atomic E-state index is 3.59. The number of hydrogen-bond acceptors (Lipinski definition) is 2. The molecule has 0 aliphatic heterocycles. The van der Waals surface area contributed by atoms with E-state index in [4.69, 9.17) is 0 Å². The fraction of sp³-hybridized carbons (Fsp3) is 0.714. The second kappa shape index (κ2) is 8.28. The monoisotopic (exact) mass is 317 g/mol. The van der Waals surface area contributed by atoms with E-state index in [1.165, 1.54) is 46.5 Å². The highest BCUT2D eigenvalue weighted by atomic mass is 79.9. The van der Waals surface area contributed by atoms with Crippen LogP contribution in [0.25, 0.3) is 0 Å². The van der Waals surface area contributed by atoms with Gasteiger partial charge in [0.1, 0.15) is 0 Å². The van der Waals surface area contributed by atoms with Gasteiger partial charge < -0.3 is 5.32 Å². The summed E-state index contributed by atoms with van der Waals surface area (Å²) >= 11 is 5.48.